The SMILES string of the molecule is O=C(O)CC[C@H]1CCCCN1C(=O)CCc1nc(-c2ccoc2)no1. The van der Waals surface area contributed by atoms with Crippen LogP contribution in [0.4, 0.5) is 0 Å². The van der Waals surface area contributed by atoms with Crippen LogP contribution in [-0.2, 0) is 16.0 Å². The van der Waals surface area contributed by atoms with E-state index in [1.807, 2.05) is 4.90 Å². The van der Waals surface area contributed by atoms with Crippen LogP contribution in [0.5, 0.6) is 0 Å². The fraction of sp³-hybridized carbons (Fsp3) is 0.529. The van der Waals surface area contributed by atoms with E-state index < -0.39 is 5.97 Å². The fourth-order valence-electron chi connectivity index (χ4n) is 3.14. The minimum atomic E-state index is -0.824. The molecule has 0 bridgehead atoms. The molecule has 0 aromatic carbocycles. The molecule has 2 aromatic heterocycles. The van der Waals surface area contributed by atoms with Crippen LogP contribution < -0.4 is 0 Å². The van der Waals surface area contributed by atoms with Crippen molar-refractivity contribution in [3.05, 3.63) is 24.5 Å². The summed E-state index contributed by atoms with van der Waals surface area (Å²) in [5.74, 6) is 0.0332. The number of hydrogen-bond acceptors (Lipinski definition) is 6. The molecule has 1 aliphatic rings. The second-order valence-corrected chi connectivity index (χ2v) is 6.19. The van der Waals surface area contributed by atoms with Crippen molar-refractivity contribution < 1.29 is 23.6 Å². The summed E-state index contributed by atoms with van der Waals surface area (Å²) in [6.07, 6.45) is 7.15. The van der Waals surface area contributed by atoms with Gasteiger partial charge in [0.1, 0.15) is 6.26 Å². The van der Waals surface area contributed by atoms with Gasteiger partial charge in [-0.05, 0) is 31.7 Å². The number of rotatable bonds is 7. The second kappa shape index (κ2) is 7.96. The molecule has 0 radical (unpaired) electrons. The minimum Gasteiger partial charge on any atom is -0.481 e. The highest BCUT2D eigenvalue weighted by molar-refractivity contribution is 5.77. The molecule has 8 nitrogen and oxygen atoms in total. The molecule has 134 valence electrons. The lowest BCUT2D eigenvalue weighted by Crippen LogP contribution is -2.44. The van der Waals surface area contributed by atoms with Gasteiger partial charge in [0.05, 0.1) is 11.8 Å². The summed E-state index contributed by atoms with van der Waals surface area (Å²) in [5.41, 5.74) is 0.728. The van der Waals surface area contributed by atoms with Crippen molar-refractivity contribution in [1.29, 1.82) is 0 Å². The topological polar surface area (TPSA) is 110 Å². The second-order valence-electron chi connectivity index (χ2n) is 6.19. The maximum Gasteiger partial charge on any atom is 0.303 e. The van der Waals surface area contributed by atoms with E-state index in [0.29, 0.717) is 31.1 Å². The van der Waals surface area contributed by atoms with Gasteiger partial charge in [-0.2, -0.15) is 4.98 Å². The fourth-order valence-corrected chi connectivity index (χ4v) is 3.14. The number of piperidine rings is 1. The smallest absolute Gasteiger partial charge is 0.303 e. The van der Waals surface area contributed by atoms with E-state index in [2.05, 4.69) is 10.1 Å². The maximum atomic E-state index is 12.5. The first-order valence-electron chi connectivity index (χ1n) is 8.50. The first-order valence-corrected chi connectivity index (χ1v) is 8.50. The third kappa shape index (κ3) is 4.46. The number of aliphatic carboxylic acids is 1. The number of likely N-dealkylation sites (tertiary alicyclic amines) is 1. The predicted octanol–water partition coefficient (Wildman–Crippen LogP) is 2.51. The number of carboxylic acid groups (broad SMARTS) is 1. The van der Waals surface area contributed by atoms with Crippen LogP contribution in [0.15, 0.2) is 27.5 Å². The highest BCUT2D eigenvalue weighted by Crippen LogP contribution is 2.22. The zero-order valence-electron chi connectivity index (χ0n) is 13.9. The van der Waals surface area contributed by atoms with Crippen LogP contribution in [0.2, 0.25) is 0 Å². The Labute approximate surface area is 144 Å². The van der Waals surface area contributed by atoms with E-state index in [0.717, 1.165) is 24.8 Å². The Balaban J connectivity index is 1.54. The van der Waals surface area contributed by atoms with Crippen molar-refractivity contribution in [2.75, 3.05) is 6.54 Å². The summed E-state index contributed by atoms with van der Waals surface area (Å²) in [6, 6.07) is 1.75. The van der Waals surface area contributed by atoms with Crippen molar-refractivity contribution in [1.82, 2.24) is 15.0 Å². The lowest BCUT2D eigenvalue weighted by atomic mass is 9.97. The molecular weight excluding hydrogens is 326 g/mol. The number of aryl methyl sites for hydroxylation is 1. The molecule has 3 rings (SSSR count). The Kier molecular flexibility index (Phi) is 5.47. The van der Waals surface area contributed by atoms with E-state index in [1.165, 1.54) is 12.5 Å². The Morgan fingerprint density at radius 2 is 2.20 bits per heavy atom. The summed E-state index contributed by atoms with van der Waals surface area (Å²) in [4.78, 5) is 29.4. The Bertz CT molecular complexity index is 710. The molecule has 0 spiro atoms. The highest BCUT2D eigenvalue weighted by atomic mass is 16.5. The maximum absolute atomic E-state index is 12.5. The molecule has 1 atom stereocenters. The van der Waals surface area contributed by atoms with Gasteiger partial charge in [0.15, 0.2) is 0 Å². The van der Waals surface area contributed by atoms with E-state index >= 15 is 0 Å². The van der Waals surface area contributed by atoms with Crippen molar-refractivity contribution in [2.45, 2.75) is 51.0 Å². The monoisotopic (exact) mass is 347 g/mol. The van der Waals surface area contributed by atoms with Crippen LogP contribution in [0, 0.1) is 0 Å². The molecule has 1 amide bonds. The van der Waals surface area contributed by atoms with E-state index in [9.17, 15) is 9.59 Å². The molecule has 3 heterocycles. The number of aromatic nitrogens is 2. The Hall–Kier alpha value is -2.64. The van der Waals surface area contributed by atoms with Crippen molar-refractivity contribution in [2.24, 2.45) is 0 Å². The van der Waals surface area contributed by atoms with Crippen LogP contribution >= 0.6 is 0 Å². The number of carbonyl (C=O) groups is 2. The van der Waals surface area contributed by atoms with Gasteiger partial charge < -0.3 is 18.9 Å². The van der Waals surface area contributed by atoms with Gasteiger partial charge in [-0.1, -0.05) is 5.16 Å². The number of hydrogen-bond donors (Lipinski definition) is 1. The average molecular weight is 347 g/mol. The van der Waals surface area contributed by atoms with Gasteiger partial charge >= 0.3 is 5.97 Å². The number of nitrogens with zero attached hydrogens (tertiary/aromatic N) is 3. The van der Waals surface area contributed by atoms with E-state index in [1.54, 1.807) is 6.07 Å². The number of carbonyl (C=O) groups excluding carboxylic acids is 1. The van der Waals surface area contributed by atoms with Gasteiger partial charge in [0.25, 0.3) is 0 Å². The van der Waals surface area contributed by atoms with Gasteiger partial charge in [0.2, 0.25) is 17.6 Å². The van der Waals surface area contributed by atoms with Crippen LogP contribution in [-0.4, -0.2) is 44.6 Å². The normalized spacial score (nSPS) is 17.6. The predicted molar refractivity (Wildman–Crippen MR) is 86.5 cm³/mol. The lowest BCUT2D eigenvalue weighted by molar-refractivity contribution is -0.140. The third-order valence-electron chi connectivity index (χ3n) is 4.44. The molecule has 2 aromatic rings. The lowest BCUT2D eigenvalue weighted by Gasteiger charge is -2.35. The van der Waals surface area contributed by atoms with Crippen LogP contribution in [0.25, 0.3) is 11.4 Å². The molecular formula is C17H21N3O5. The zero-order chi connectivity index (χ0) is 17.6. The Morgan fingerprint density at radius 1 is 1.32 bits per heavy atom. The number of carboxylic acids is 1. The molecule has 0 unspecified atom stereocenters. The van der Waals surface area contributed by atoms with Gasteiger partial charge in [-0.25, -0.2) is 0 Å². The zero-order valence-corrected chi connectivity index (χ0v) is 13.9. The number of furan rings is 1. The van der Waals surface area contributed by atoms with Gasteiger partial charge in [0, 0.05) is 31.8 Å². The molecule has 1 saturated heterocycles. The first-order chi connectivity index (χ1) is 12.1. The molecule has 1 N–H and O–H groups in total. The van der Waals surface area contributed by atoms with Crippen molar-refractivity contribution in [3.8, 4) is 11.4 Å². The summed E-state index contributed by atoms with van der Waals surface area (Å²) < 4.78 is 10.2. The molecule has 0 aliphatic carbocycles. The summed E-state index contributed by atoms with van der Waals surface area (Å²) in [7, 11) is 0. The third-order valence-corrected chi connectivity index (χ3v) is 4.44. The van der Waals surface area contributed by atoms with Crippen molar-refractivity contribution in [3.63, 3.8) is 0 Å². The van der Waals surface area contributed by atoms with Crippen molar-refractivity contribution >= 4 is 11.9 Å². The highest BCUT2D eigenvalue weighted by Gasteiger charge is 2.27. The minimum absolute atomic E-state index is 0.0122. The summed E-state index contributed by atoms with van der Waals surface area (Å²) in [6.45, 7) is 0.688. The molecule has 1 aliphatic heterocycles. The molecule has 25 heavy (non-hydrogen) atoms. The van der Waals surface area contributed by atoms with Gasteiger partial charge in [-0.3, -0.25) is 9.59 Å². The van der Waals surface area contributed by atoms with Crippen LogP contribution in [0.3, 0.4) is 0 Å². The van der Waals surface area contributed by atoms with E-state index in [4.69, 9.17) is 14.0 Å². The first kappa shape index (κ1) is 17.2. The van der Waals surface area contributed by atoms with Gasteiger partial charge in [-0.15, -0.1) is 0 Å². The number of amides is 1. The van der Waals surface area contributed by atoms with E-state index in [-0.39, 0.29) is 24.8 Å². The molecule has 1 fully saturated rings. The average Bonchev–Trinajstić information content (AvgIpc) is 3.29. The summed E-state index contributed by atoms with van der Waals surface area (Å²) in [5, 5.41) is 12.7. The Morgan fingerprint density at radius 3 is 2.96 bits per heavy atom. The molecule has 0 saturated carbocycles. The largest absolute Gasteiger partial charge is 0.481 e. The quantitative estimate of drug-likeness (QED) is 0.819. The standard InChI is InChI=1S/C17H21N3O5/c21-15(20-9-2-1-3-13(20)4-7-16(22)23)6-5-14-18-17(19-25-14)12-8-10-24-11-12/h8,10-11,13H,1-7,9H2,(H,22,23)/t13-/m1/s1. The molecule has 8 heteroatoms. The summed E-state index contributed by atoms with van der Waals surface area (Å²) >= 11 is 0. The van der Waals surface area contributed by atoms with Crippen LogP contribution in [0.1, 0.15) is 44.4 Å².